The zero-order chi connectivity index (χ0) is 30.3. The van der Waals surface area contributed by atoms with Crippen molar-refractivity contribution in [1.29, 1.82) is 5.41 Å². The number of hydrogen-bond acceptors (Lipinski definition) is 4. The lowest BCUT2D eigenvalue weighted by atomic mass is 9.69. The molecule has 1 aromatic rings. The minimum atomic E-state index is 0.234. The van der Waals surface area contributed by atoms with Crippen LogP contribution in [0.15, 0.2) is 132 Å². The van der Waals surface area contributed by atoms with E-state index < -0.39 is 0 Å². The van der Waals surface area contributed by atoms with E-state index in [4.69, 9.17) is 10.1 Å². The molecule has 45 heavy (non-hydrogen) atoms. The Bertz CT molecular complexity index is 1600. The van der Waals surface area contributed by atoms with Crippen molar-refractivity contribution in [1.82, 2.24) is 10.2 Å². The normalized spacial score (nSPS) is 36.0. The molecule has 230 valence electrons. The molecule has 2 heterocycles. The second-order valence-corrected chi connectivity index (χ2v) is 13.9. The SMILES string of the molecule is C[C@@H]1CC=CC=C1C(=N)/C=C(\NCN1C2=C(CC(C3C=CCC4C5C=CC=CC5OC34)C=C2)C2CCC=CC21)c1ccccc1. The van der Waals surface area contributed by atoms with Gasteiger partial charge in [-0.25, -0.2) is 0 Å². The van der Waals surface area contributed by atoms with Gasteiger partial charge in [-0.3, -0.25) is 0 Å². The van der Waals surface area contributed by atoms with Gasteiger partial charge in [-0.2, -0.15) is 0 Å². The van der Waals surface area contributed by atoms with Gasteiger partial charge in [-0.15, -0.1) is 0 Å². The molecule has 1 fully saturated rings. The van der Waals surface area contributed by atoms with Gasteiger partial charge in [0.1, 0.15) is 0 Å². The number of fused-ring (bicyclic) bond motifs is 5. The lowest BCUT2D eigenvalue weighted by Gasteiger charge is -2.36. The van der Waals surface area contributed by atoms with Gasteiger partial charge in [-0.05, 0) is 78.7 Å². The average molecular weight is 596 g/mol. The highest BCUT2D eigenvalue weighted by atomic mass is 16.5. The van der Waals surface area contributed by atoms with Crippen LogP contribution in [0.3, 0.4) is 0 Å². The summed E-state index contributed by atoms with van der Waals surface area (Å²) >= 11 is 0. The molecule has 0 radical (unpaired) electrons. The van der Waals surface area contributed by atoms with Crippen molar-refractivity contribution in [3.05, 3.63) is 138 Å². The second-order valence-electron chi connectivity index (χ2n) is 13.9. The number of allylic oxidation sites excluding steroid dienone is 11. The zero-order valence-electron chi connectivity index (χ0n) is 26.3. The van der Waals surface area contributed by atoms with Crippen molar-refractivity contribution in [3.8, 4) is 0 Å². The highest BCUT2D eigenvalue weighted by Gasteiger charge is 2.49. The van der Waals surface area contributed by atoms with Crippen LogP contribution >= 0.6 is 0 Å². The van der Waals surface area contributed by atoms with Crippen molar-refractivity contribution in [2.75, 3.05) is 6.67 Å². The van der Waals surface area contributed by atoms with Crippen molar-refractivity contribution in [2.24, 2.45) is 35.5 Å². The molecule has 4 heteroatoms. The Kier molecular flexibility index (Phi) is 7.70. The van der Waals surface area contributed by atoms with Gasteiger partial charge >= 0.3 is 0 Å². The summed E-state index contributed by atoms with van der Waals surface area (Å²) in [4.78, 5) is 2.59. The number of benzene rings is 1. The highest BCUT2D eigenvalue weighted by Crippen LogP contribution is 2.51. The molecular weight excluding hydrogens is 550 g/mol. The molecule has 0 bridgehead atoms. The van der Waals surface area contributed by atoms with Crippen LogP contribution in [0.4, 0.5) is 0 Å². The van der Waals surface area contributed by atoms with Crippen molar-refractivity contribution >= 4 is 11.4 Å². The summed E-state index contributed by atoms with van der Waals surface area (Å²) < 4.78 is 6.76. The first-order valence-corrected chi connectivity index (χ1v) is 17.1. The number of ether oxygens (including phenoxy) is 1. The van der Waals surface area contributed by atoms with Crippen LogP contribution in [-0.2, 0) is 4.74 Å². The van der Waals surface area contributed by atoms with E-state index in [1.807, 2.05) is 6.08 Å². The Morgan fingerprint density at radius 2 is 1.87 bits per heavy atom. The van der Waals surface area contributed by atoms with E-state index in [1.165, 1.54) is 12.1 Å². The predicted octanol–water partition coefficient (Wildman–Crippen LogP) is 8.30. The fraction of sp³-hybridized carbons (Fsp3) is 0.390. The Morgan fingerprint density at radius 1 is 0.978 bits per heavy atom. The monoisotopic (exact) mass is 595 g/mol. The van der Waals surface area contributed by atoms with Gasteiger partial charge in [0.05, 0.1) is 30.6 Å². The molecule has 1 aromatic carbocycles. The van der Waals surface area contributed by atoms with E-state index >= 15 is 0 Å². The fourth-order valence-electron chi connectivity index (χ4n) is 9.04. The van der Waals surface area contributed by atoms with Gasteiger partial charge in [0.15, 0.2) is 0 Å². The molecule has 5 aliphatic carbocycles. The van der Waals surface area contributed by atoms with Gasteiger partial charge in [0, 0.05) is 29.1 Å². The average Bonchev–Trinajstić information content (AvgIpc) is 3.62. The van der Waals surface area contributed by atoms with E-state index in [0.717, 1.165) is 42.5 Å². The Labute approximate surface area is 268 Å². The van der Waals surface area contributed by atoms with Crippen molar-refractivity contribution in [3.63, 3.8) is 0 Å². The topological polar surface area (TPSA) is 48.4 Å². The Balaban J connectivity index is 1.04. The van der Waals surface area contributed by atoms with Crippen molar-refractivity contribution in [2.45, 2.75) is 57.3 Å². The summed E-state index contributed by atoms with van der Waals surface area (Å²) in [5.74, 6) is 2.91. The number of rotatable bonds is 7. The maximum absolute atomic E-state index is 9.01. The summed E-state index contributed by atoms with van der Waals surface area (Å²) in [6, 6.07) is 10.9. The van der Waals surface area contributed by atoms with Gasteiger partial charge in [-0.1, -0.05) is 110 Å². The first-order valence-electron chi connectivity index (χ1n) is 17.1. The Morgan fingerprint density at radius 3 is 2.76 bits per heavy atom. The molecule has 7 aliphatic rings. The van der Waals surface area contributed by atoms with Gasteiger partial charge < -0.3 is 20.4 Å². The molecule has 1 saturated heterocycles. The summed E-state index contributed by atoms with van der Waals surface area (Å²) in [5, 5.41) is 12.8. The van der Waals surface area contributed by atoms with E-state index in [1.54, 1.807) is 5.57 Å². The molecule has 9 atom stereocenters. The van der Waals surface area contributed by atoms with E-state index in [9.17, 15) is 0 Å². The molecule has 2 aliphatic heterocycles. The minimum Gasteiger partial charge on any atom is -0.369 e. The molecule has 8 rings (SSSR count). The summed E-state index contributed by atoms with van der Waals surface area (Å²) in [6.45, 7) is 2.92. The fourth-order valence-corrected chi connectivity index (χ4v) is 9.04. The molecule has 0 aromatic heterocycles. The summed E-state index contributed by atoms with van der Waals surface area (Å²) in [5.41, 5.74) is 6.86. The smallest absolute Gasteiger partial charge is 0.0882 e. The number of hydrogen-bond donors (Lipinski definition) is 2. The first-order chi connectivity index (χ1) is 22.2. The molecule has 2 N–H and O–H groups in total. The molecular formula is C41H45N3O. The van der Waals surface area contributed by atoms with Crippen LogP contribution in [-0.4, -0.2) is 35.5 Å². The molecule has 0 saturated carbocycles. The van der Waals surface area contributed by atoms with Crippen LogP contribution in [0.25, 0.3) is 5.70 Å². The third-order valence-corrected chi connectivity index (χ3v) is 11.3. The summed E-state index contributed by atoms with van der Waals surface area (Å²) in [6.07, 6.45) is 38.2. The standard InChI is InChI=1S/C41H45N3O/c1-27-12-5-6-15-30(27)36(42)25-37(28-13-3-2-4-14-28)43-26-44-38-20-9-7-16-32(38)35-24-29(22-23-39(35)44)31-18-11-19-34-33-17-8-10-21-40(33)45-41(31)34/h2-6,8-11,13-15,17-18,20-23,25,27,29,31-34,38,40-43H,7,12,16,19,24,26H2,1H3/b37-25-,42-36?/t27-,29?,31?,32?,33?,34?,38?,40?,41?/m1/s1. The maximum atomic E-state index is 9.01. The van der Waals surface area contributed by atoms with Crippen molar-refractivity contribution < 1.29 is 4.74 Å². The van der Waals surface area contributed by atoms with Crippen LogP contribution in [0.5, 0.6) is 0 Å². The van der Waals surface area contributed by atoms with Crippen LogP contribution in [0.2, 0.25) is 0 Å². The third-order valence-electron chi connectivity index (χ3n) is 11.3. The molecule has 4 nitrogen and oxygen atoms in total. The van der Waals surface area contributed by atoms with Crippen LogP contribution in [0.1, 0.15) is 44.6 Å². The van der Waals surface area contributed by atoms with Crippen LogP contribution < -0.4 is 5.32 Å². The number of nitrogens with zero attached hydrogens (tertiary/aromatic N) is 1. The van der Waals surface area contributed by atoms with Gasteiger partial charge in [0.25, 0.3) is 0 Å². The zero-order valence-corrected chi connectivity index (χ0v) is 26.3. The maximum Gasteiger partial charge on any atom is 0.0882 e. The quantitative estimate of drug-likeness (QED) is 0.246. The number of nitrogens with one attached hydrogen (secondary N) is 2. The first kappa shape index (κ1) is 28.6. The third kappa shape index (κ3) is 5.27. The Hall–Kier alpha value is -3.89. The highest BCUT2D eigenvalue weighted by molar-refractivity contribution is 6.10. The van der Waals surface area contributed by atoms with E-state index in [-0.39, 0.29) is 6.10 Å². The lowest BCUT2D eigenvalue weighted by molar-refractivity contribution is 0.0134. The predicted molar refractivity (Wildman–Crippen MR) is 184 cm³/mol. The summed E-state index contributed by atoms with van der Waals surface area (Å²) in [7, 11) is 0. The van der Waals surface area contributed by atoms with E-state index in [2.05, 4.69) is 126 Å². The second kappa shape index (κ2) is 12.1. The van der Waals surface area contributed by atoms with E-state index in [0.29, 0.717) is 60.0 Å². The lowest BCUT2D eigenvalue weighted by Crippen LogP contribution is -2.39. The minimum absolute atomic E-state index is 0.234. The van der Waals surface area contributed by atoms with Crippen LogP contribution in [0, 0.1) is 40.9 Å². The molecule has 0 amide bonds. The molecule has 8 unspecified atom stereocenters. The molecule has 0 spiro atoms. The van der Waals surface area contributed by atoms with Gasteiger partial charge in [0.2, 0.25) is 0 Å². The largest absolute Gasteiger partial charge is 0.369 e.